The first-order valence-corrected chi connectivity index (χ1v) is 11.9. The molecule has 0 aliphatic carbocycles. The van der Waals surface area contributed by atoms with Gasteiger partial charge in [-0.3, -0.25) is 9.69 Å². The van der Waals surface area contributed by atoms with Crippen LogP contribution in [0.3, 0.4) is 0 Å². The maximum Gasteiger partial charge on any atom is 0.244 e. The van der Waals surface area contributed by atoms with Crippen LogP contribution in [0.5, 0.6) is 5.75 Å². The van der Waals surface area contributed by atoms with Crippen molar-refractivity contribution in [3.05, 3.63) is 18.2 Å². The zero-order valence-corrected chi connectivity index (χ0v) is 17.1. The highest BCUT2D eigenvalue weighted by Gasteiger charge is 2.37. The maximum atomic E-state index is 12.8. The van der Waals surface area contributed by atoms with Gasteiger partial charge in [0, 0.05) is 32.6 Å². The number of sulfonamides is 2. The summed E-state index contributed by atoms with van der Waals surface area (Å²) in [6, 6.07) is 3.84. The first-order valence-electron chi connectivity index (χ1n) is 8.78. The van der Waals surface area contributed by atoms with E-state index < -0.39 is 26.0 Å². The number of rotatable bonds is 7. The second-order valence-corrected chi connectivity index (χ2v) is 10.1. The van der Waals surface area contributed by atoms with Crippen molar-refractivity contribution in [1.29, 1.82) is 0 Å². The van der Waals surface area contributed by atoms with Crippen molar-refractivity contribution < 1.29 is 31.1 Å². The molecule has 1 aromatic rings. The number of benzene rings is 1. The summed E-state index contributed by atoms with van der Waals surface area (Å²) in [6.45, 7) is 3.38. The summed E-state index contributed by atoms with van der Waals surface area (Å²) in [4.78, 5) is 13.8. The zero-order chi connectivity index (χ0) is 20.4. The van der Waals surface area contributed by atoms with Gasteiger partial charge in [0.25, 0.3) is 0 Å². The molecule has 2 saturated heterocycles. The SMILES string of the molecule is COc1ccc(N2C(=O)CCS2(=O)=O)cc1S(=O)(=O)NCCN1CCOCC1. The lowest BCUT2D eigenvalue weighted by molar-refractivity contribution is -0.116. The Balaban J connectivity index is 1.81. The van der Waals surface area contributed by atoms with Gasteiger partial charge in [0.05, 0.1) is 31.8 Å². The molecule has 0 aromatic heterocycles. The Labute approximate surface area is 164 Å². The van der Waals surface area contributed by atoms with E-state index in [1.54, 1.807) is 0 Å². The van der Waals surface area contributed by atoms with Gasteiger partial charge in [0.1, 0.15) is 10.6 Å². The third-order valence-corrected chi connectivity index (χ3v) is 7.75. The fourth-order valence-electron chi connectivity index (χ4n) is 3.11. The number of morpholine rings is 1. The molecule has 0 atom stereocenters. The Morgan fingerprint density at radius 1 is 1.25 bits per heavy atom. The number of carbonyl (C=O) groups excluding carboxylic acids is 1. The lowest BCUT2D eigenvalue weighted by atomic mass is 10.3. The molecule has 0 radical (unpaired) electrons. The number of ether oxygens (including phenoxy) is 2. The van der Waals surface area contributed by atoms with Crippen LogP contribution in [0.15, 0.2) is 23.1 Å². The average Bonchev–Trinajstić information content (AvgIpc) is 2.94. The number of hydrogen-bond acceptors (Lipinski definition) is 8. The van der Waals surface area contributed by atoms with Crippen molar-refractivity contribution in [1.82, 2.24) is 9.62 Å². The zero-order valence-electron chi connectivity index (χ0n) is 15.5. The van der Waals surface area contributed by atoms with E-state index in [9.17, 15) is 21.6 Å². The number of nitrogens with zero attached hydrogens (tertiary/aromatic N) is 2. The smallest absolute Gasteiger partial charge is 0.244 e. The fourth-order valence-corrected chi connectivity index (χ4v) is 5.77. The van der Waals surface area contributed by atoms with Gasteiger partial charge >= 0.3 is 0 Å². The van der Waals surface area contributed by atoms with Crippen LogP contribution in [0.1, 0.15) is 6.42 Å². The molecule has 2 heterocycles. The molecule has 12 heteroatoms. The van der Waals surface area contributed by atoms with Crippen molar-refractivity contribution in [2.45, 2.75) is 11.3 Å². The van der Waals surface area contributed by atoms with Gasteiger partial charge in [-0.2, -0.15) is 0 Å². The summed E-state index contributed by atoms with van der Waals surface area (Å²) < 4.78 is 63.3. The monoisotopic (exact) mass is 433 g/mol. The Morgan fingerprint density at radius 3 is 2.57 bits per heavy atom. The molecule has 2 aliphatic rings. The van der Waals surface area contributed by atoms with Crippen LogP contribution >= 0.6 is 0 Å². The molecule has 2 fully saturated rings. The predicted molar refractivity (Wildman–Crippen MR) is 101 cm³/mol. The number of carbonyl (C=O) groups is 1. The second-order valence-electron chi connectivity index (χ2n) is 6.41. The second kappa shape index (κ2) is 8.33. The van der Waals surface area contributed by atoms with E-state index in [1.165, 1.54) is 19.2 Å². The molecule has 10 nitrogen and oxygen atoms in total. The summed E-state index contributed by atoms with van der Waals surface area (Å²) in [5.74, 6) is -0.821. The van der Waals surface area contributed by atoms with Crippen LogP contribution in [0.2, 0.25) is 0 Å². The van der Waals surface area contributed by atoms with E-state index in [4.69, 9.17) is 9.47 Å². The predicted octanol–water partition coefficient (Wildman–Crippen LogP) is -0.628. The highest BCUT2D eigenvalue weighted by molar-refractivity contribution is 7.94. The highest BCUT2D eigenvalue weighted by Crippen LogP contribution is 2.32. The molecule has 2 aliphatic heterocycles. The third kappa shape index (κ3) is 4.46. The van der Waals surface area contributed by atoms with E-state index in [2.05, 4.69) is 9.62 Å². The normalized spacial score (nSPS) is 20.5. The van der Waals surface area contributed by atoms with Crippen molar-refractivity contribution in [2.75, 3.05) is 56.6 Å². The summed E-state index contributed by atoms with van der Waals surface area (Å²) >= 11 is 0. The molecule has 0 saturated carbocycles. The largest absolute Gasteiger partial charge is 0.495 e. The molecule has 1 amide bonds. The molecule has 156 valence electrons. The third-order valence-electron chi connectivity index (χ3n) is 4.57. The molecular formula is C16H23N3O7S2. The fraction of sp³-hybridized carbons (Fsp3) is 0.562. The van der Waals surface area contributed by atoms with Gasteiger partial charge in [-0.1, -0.05) is 0 Å². The van der Waals surface area contributed by atoms with E-state index >= 15 is 0 Å². The van der Waals surface area contributed by atoms with E-state index in [-0.39, 0.29) is 35.1 Å². The minimum absolute atomic E-state index is 0.0168. The maximum absolute atomic E-state index is 12.8. The minimum atomic E-state index is -3.98. The average molecular weight is 434 g/mol. The molecule has 3 rings (SSSR count). The number of amides is 1. The molecule has 28 heavy (non-hydrogen) atoms. The molecule has 0 unspecified atom stereocenters. The lowest BCUT2D eigenvalue weighted by Crippen LogP contribution is -2.41. The van der Waals surface area contributed by atoms with E-state index in [0.29, 0.717) is 24.1 Å². The van der Waals surface area contributed by atoms with Crippen LogP contribution in [-0.4, -0.2) is 79.9 Å². The molecule has 0 spiro atoms. The van der Waals surface area contributed by atoms with Gasteiger partial charge in [-0.05, 0) is 18.2 Å². The molecular weight excluding hydrogens is 410 g/mol. The number of hydrogen-bond donors (Lipinski definition) is 1. The van der Waals surface area contributed by atoms with E-state index in [1.807, 2.05) is 0 Å². The Bertz CT molecular complexity index is 941. The summed E-state index contributed by atoms with van der Waals surface area (Å²) in [5, 5.41) is 0. The van der Waals surface area contributed by atoms with Crippen LogP contribution in [-0.2, 0) is 29.6 Å². The van der Waals surface area contributed by atoms with Crippen LogP contribution in [0.25, 0.3) is 0 Å². The van der Waals surface area contributed by atoms with Gasteiger partial charge in [-0.15, -0.1) is 0 Å². The molecule has 1 N–H and O–H groups in total. The molecule has 0 bridgehead atoms. The summed E-state index contributed by atoms with van der Waals surface area (Å²) in [7, 11) is -6.45. The first kappa shape index (κ1) is 21.0. The molecule has 1 aromatic carbocycles. The van der Waals surface area contributed by atoms with Crippen molar-refractivity contribution in [2.24, 2.45) is 0 Å². The number of methoxy groups -OCH3 is 1. The summed E-state index contributed by atoms with van der Waals surface area (Å²) in [5.41, 5.74) is -0.0168. The quantitative estimate of drug-likeness (QED) is 0.603. The van der Waals surface area contributed by atoms with E-state index in [0.717, 1.165) is 19.2 Å². The number of nitrogens with one attached hydrogen (secondary N) is 1. The lowest BCUT2D eigenvalue weighted by Gasteiger charge is -2.26. The highest BCUT2D eigenvalue weighted by atomic mass is 32.2. The van der Waals surface area contributed by atoms with Crippen molar-refractivity contribution >= 4 is 31.6 Å². The minimum Gasteiger partial charge on any atom is -0.495 e. The van der Waals surface area contributed by atoms with Gasteiger partial charge in [0.15, 0.2) is 0 Å². The Kier molecular flexibility index (Phi) is 6.25. The van der Waals surface area contributed by atoms with Gasteiger partial charge in [0.2, 0.25) is 26.0 Å². The van der Waals surface area contributed by atoms with Crippen molar-refractivity contribution in [3.63, 3.8) is 0 Å². The standard InChI is InChI=1S/C16H23N3O7S2/c1-25-14-3-2-13(19-16(20)4-11-27(19,21)22)12-15(14)28(23,24)17-5-6-18-7-9-26-10-8-18/h2-3,12,17H,4-11H2,1H3. The number of anilines is 1. The topological polar surface area (TPSA) is 122 Å². The first-order chi connectivity index (χ1) is 13.2. The summed E-state index contributed by atoms with van der Waals surface area (Å²) in [6.07, 6.45) is -0.131. The Hall–Kier alpha value is -1.73. The van der Waals surface area contributed by atoms with Crippen LogP contribution in [0.4, 0.5) is 5.69 Å². The van der Waals surface area contributed by atoms with Crippen LogP contribution in [0, 0.1) is 0 Å². The van der Waals surface area contributed by atoms with Gasteiger partial charge in [-0.25, -0.2) is 25.9 Å². The van der Waals surface area contributed by atoms with Crippen molar-refractivity contribution in [3.8, 4) is 5.75 Å². The van der Waals surface area contributed by atoms with Crippen LogP contribution < -0.4 is 13.8 Å². The Morgan fingerprint density at radius 2 is 1.96 bits per heavy atom. The van der Waals surface area contributed by atoms with Gasteiger partial charge < -0.3 is 9.47 Å².